The van der Waals surface area contributed by atoms with Gasteiger partial charge in [-0.05, 0) is 31.2 Å². The van der Waals surface area contributed by atoms with Gasteiger partial charge in [-0.25, -0.2) is 0 Å². The van der Waals surface area contributed by atoms with Crippen LogP contribution in [0, 0.1) is 0 Å². The van der Waals surface area contributed by atoms with Crippen molar-refractivity contribution in [1.82, 2.24) is 5.32 Å². The predicted molar refractivity (Wildman–Crippen MR) is 93.3 cm³/mol. The van der Waals surface area contributed by atoms with Gasteiger partial charge < -0.3 is 20.1 Å². The van der Waals surface area contributed by atoms with Crippen molar-refractivity contribution in [2.75, 3.05) is 31.6 Å². The fourth-order valence-corrected chi connectivity index (χ4v) is 2.62. The smallest absolute Gasteiger partial charge is 0.165 e. The van der Waals surface area contributed by atoms with Crippen LogP contribution in [0.2, 0.25) is 0 Å². The Kier molecular flexibility index (Phi) is 5.75. The summed E-state index contributed by atoms with van der Waals surface area (Å²) < 4.78 is 11.6. The van der Waals surface area contributed by atoms with E-state index in [2.05, 4.69) is 28.8 Å². The maximum absolute atomic E-state index is 5.84. The third-order valence-corrected chi connectivity index (χ3v) is 3.80. The molecule has 0 aromatic heterocycles. The van der Waals surface area contributed by atoms with Crippen LogP contribution in [-0.4, -0.2) is 26.3 Å². The van der Waals surface area contributed by atoms with Gasteiger partial charge in [-0.3, -0.25) is 0 Å². The number of para-hydroxylation sites is 2. The lowest BCUT2D eigenvalue weighted by atomic mass is 10.2. The lowest BCUT2D eigenvalue weighted by molar-refractivity contribution is 0.296. The molecule has 4 nitrogen and oxygen atoms in total. The van der Waals surface area contributed by atoms with Crippen LogP contribution in [0.3, 0.4) is 0 Å². The lowest BCUT2D eigenvalue weighted by Crippen LogP contribution is -2.18. The van der Waals surface area contributed by atoms with Crippen LogP contribution in [0.15, 0.2) is 48.5 Å². The molecular formula is C19H24N2O2. The van der Waals surface area contributed by atoms with Crippen LogP contribution in [0.25, 0.3) is 0 Å². The summed E-state index contributed by atoms with van der Waals surface area (Å²) in [6.07, 6.45) is 2.01. The summed E-state index contributed by atoms with van der Waals surface area (Å²) in [6.45, 7) is 4.19. The largest absolute Gasteiger partial charge is 0.490 e. The number of anilines is 1. The van der Waals surface area contributed by atoms with Crippen molar-refractivity contribution in [3.63, 3.8) is 0 Å². The minimum Gasteiger partial charge on any atom is -0.490 e. The zero-order valence-corrected chi connectivity index (χ0v) is 13.4. The molecule has 3 rings (SSSR count). The normalized spacial score (nSPS) is 13.4. The van der Waals surface area contributed by atoms with E-state index in [1.165, 1.54) is 11.3 Å². The zero-order chi connectivity index (χ0) is 15.7. The van der Waals surface area contributed by atoms with Crippen molar-refractivity contribution in [1.29, 1.82) is 0 Å². The maximum Gasteiger partial charge on any atom is 0.165 e. The lowest BCUT2D eigenvalue weighted by Gasteiger charge is -2.13. The van der Waals surface area contributed by atoms with Gasteiger partial charge in [0.2, 0.25) is 0 Å². The van der Waals surface area contributed by atoms with Gasteiger partial charge in [0.15, 0.2) is 11.5 Å². The molecule has 0 aliphatic carbocycles. The SMILES string of the molecule is c1ccc(NCCCNCc2cccc3c2OCCCO3)cc1. The summed E-state index contributed by atoms with van der Waals surface area (Å²) >= 11 is 0. The van der Waals surface area contributed by atoms with Crippen LogP contribution < -0.4 is 20.1 Å². The number of fused-ring (bicyclic) bond motifs is 1. The zero-order valence-electron chi connectivity index (χ0n) is 13.4. The highest BCUT2D eigenvalue weighted by Gasteiger charge is 2.13. The van der Waals surface area contributed by atoms with Crippen molar-refractivity contribution in [2.24, 2.45) is 0 Å². The van der Waals surface area contributed by atoms with Gasteiger partial charge in [-0.2, -0.15) is 0 Å². The van der Waals surface area contributed by atoms with E-state index in [0.29, 0.717) is 0 Å². The van der Waals surface area contributed by atoms with Gasteiger partial charge in [-0.1, -0.05) is 30.3 Å². The Hall–Kier alpha value is -2.20. The Labute approximate surface area is 137 Å². The summed E-state index contributed by atoms with van der Waals surface area (Å²) in [5.41, 5.74) is 2.34. The molecule has 2 aromatic rings. The summed E-state index contributed by atoms with van der Waals surface area (Å²) in [6, 6.07) is 16.4. The van der Waals surface area contributed by atoms with E-state index in [1.807, 2.05) is 30.3 Å². The summed E-state index contributed by atoms with van der Waals surface area (Å²) in [7, 11) is 0. The van der Waals surface area contributed by atoms with Gasteiger partial charge in [-0.15, -0.1) is 0 Å². The quantitative estimate of drug-likeness (QED) is 0.769. The van der Waals surface area contributed by atoms with E-state index >= 15 is 0 Å². The first-order chi connectivity index (χ1) is 11.4. The highest BCUT2D eigenvalue weighted by atomic mass is 16.5. The fourth-order valence-electron chi connectivity index (χ4n) is 2.62. The Bertz CT molecular complexity index is 602. The number of hydrogen-bond donors (Lipinski definition) is 2. The molecule has 0 fully saturated rings. The number of rotatable bonds is 7. The monoisotopic (exact) mass is 312 g/mol. The van der Waals surface area contributed by atoms with Crippen LogP contribution in [0.4, 0.5) is 5.69 Å². The molecule has 1 aliphatic heterocycles. The first kappa shape index (κ1) is 15.7. The molecule has 0 unspecified atom stereocenters. The van der Waals surface area contributed by atoms with Gasteiger partial charge >= 0.3 is 0 Å². The van der Waals surface area contributed by atoms with Crippen molar-refractivity contribution >= 4 is 5.69 Å². The molecule has 0 saturated heterocycles. The van der Waals surface area contributed by atoms with Crippen molar-refractivity contribution < 1.29 is 9.47 Å². The molecule has 2 aromatic carbocycles. The Morgan fingerprint density at radius 2 is 1.74 bits per heavy atom. The first-order valence-corrected chi connectivity index (χ1v) is 8.30. The Morgan fingerprint density at radius 3 is 2.65 bits per heavy atom. The van der Waals surface area contributed by atoms with Gasteiger partial charge in [0, 0.05) is 30.8 Å². The molecule has 0 atom stereocenters. The Balaban J connectivity index is 1.41. The van der Waals surface area contributed by atoms with E-state index in [4.69, 9.17) is 9.47 Å². The van der Waals surface area contributed by atoms with E-state index in [9.17, 15) is 0 Å². The molecule has 0 saturated carbocycles. The number of nitrogens with one attached hydrogen (secondary N) is 2. The molecule has 2 N–H and O–H groups in total. The van der Waals surface area contributed by atoms with Crippen LogP contribution in [-0.2, 0) is 6.54 Å². The van der Waals surface area contributed by atoms with Gasteiger partial charge in [0.05, 0.1) is 13.2 Å². The molecule has 0 bridgehead atoms. The van der Waals surface area contributed by atoms with E-state index < -0.39 is 0 Å². The van der Waals surface area contributed by atoms with E-state index in [1.54, 1.807) is 0 Å². The highest BCUT2D eigenvalue weighted by molar-refractivity contribution is 5.47. The summed E-state index contributed by atoms with van der Waals surface area (Å²) in [5, 5.41) is 6.90. The number of benzene rings is 2. The van der Waals surface area contributed by atoms with E-state index in [-0.39, 0.29) is 0 Å². The van der Waals surface area contributed by atoms with Crippen LogP contribution in [0.5, 0.6) is 11.5 Å². The summed E-state index contributed by atoms with van der Waals surface area (Å²) in [4.78, 5) is 0. The predicted octanol–water partition coefficient (Wildman–Crippen LogP) is 3.44. The van der Waals surface area contributed by atoms with Crippen LogP contribution in [0.1, 0.15) is 18.4 Å². The minimum atomic E-state index is 0.727. The Morgan fingerprint density at radius 1 is 0.870 bits per heavy atom. The second-order valence-corrected chi connectivity index (χ2v) is 5.62. The topological polar surface area (TPSA) is 42.5 Å². The fraction of sp³-hybridized carbons (Fsp3) is 0.368. The molecule has 23 heavy (non-hydrogen) atoms. The van der Waals surface area contributed by atoms with Crippen molar-refractivity contribution in [3.8, 4) is 11.5 Å². The third kappa shape index (κ3) is 4.63. The van der Waals surface area contributed by atoms with Gasteiger partial charge in [0.25, 0.3) is 0 Å². The molecule has 0 spiro atoms. The van der Waals surface area contributed by atoms with Crippen molar-refractivity contribution in [2.45, 2.75) is 19.4 Å². The van der Waals surface area contributed by atoms with Crippen molar-refractivity contribution in [3.05, 3.63) is 54.1 Å². The number of ether oxygens (including phenoxy) is 2. The number of hydrogen-bond acceptors (Lipinski definition) is 4. The van der Waals surface area contributed by atoms with Crippen LogP contribution >= 0.6 is 0 Å². The molecule has 4 heteroatoms. The first-order valence-electron chi connectivity index (χ1n) is 8.30. The second kappa shape index (κ2) is 8.44. The van der Waals surface area contributed by atoms with E-state index in [0.717, 1.165) is 57.2 Å². The molecule has 1 aliphatic rings. The average molecular weight is 312 g/mol. The molecular weight excluding hydrogens is 288 g/mol. The standard InChI is InChI=1S/C19H24N2O2/c1-2-8-17(9-3-1)21-12-5-11-20-15-16-7-4-10-18-19(16)23-14-6-13-22-18/h1-4,7-10,20-21H,5-6,11-15H2. The molecule has 0 amide bonds. The highest BCUT2D eigenvalue weighted by Crippen LogP contribution is 2.33. The third-order valence-electron chi connectivity index (χ3n) is 3.80. The summed E-state index contributed by atoms with van der Waals surface area (Å²) in [5.74, 6) is 1.77. The average Bonchev–Trinajstić information content (AvgIpc) is 2.85. The molecule has 0 radical (unpaired) electrons. The molecule has 1 heterocycles. The minimum absolute atomic E-state index is 0.727. The van der Waals surface area contributed by atoms with Gasteiger partial charge in [0.1, 0.15) is 0 Å². The second-order valence-electron chi connectivity index (χ2n) is 5.62. The molecule has 122 valence electrons. The maximum atomic E-state index is 5.84.